The Morgan fingerprint density at radius 1 is 1.47 bits per heavy atom. The zero-order valence-corrected chi connectivity index (χ0v) is 8.70. The van der Waals surface area contributed by atoms with Crippen molar-refractivity contribution in [2.45, 2.75) is 18.7 Å². The first kappa shape index (κ1) is 11.9. The summed E-state index contributed by atoms with van der Waals surface area (Å²) in [6, 6.07) is 0. The topological polar surface area (TPSA) is 70.3 Å². The predicted molar refractivity (Wildman–Crippen MR) is 51.3 cm³/mol. The van der Waals surface area contributed by atoms with Crippen LogP contribution in [0.5, 0.6) is 5.88 Å². The van der Waals surface area contributed by atoms with Crippen LogP contribution in [0.25, 0.3) is 0 Å². The largest absolute Gasteiger partial charge is 0.471 e. The number of hydrogen-bond donors (Lipinski definition) is 1. The summed E-state index contributed by atoms with van der Waals surface area (Å²) < 4.78 is 48.0. The molecule has 1 fully saturated rings. The first-order chi connectivity index (χ1) is 7.97. The van der Waals surface area contributed by atoms with E-state index in [1.54, 1.807) is 0 Å². The summed E-state index contributed by atoms with van der Waals surface area (Å²) in [5.74, 6) is -0.799. The molecule has 1 aromatic rings. The summed E-state index contributed by atoms with van der Waals surface area (Å²) >= 11 is 0. The van der Waals surface area contributed by atoms with Crippen molar-refractivity contribution in [1.29, 1.82) is 0 Å². The molecular formula is C9H10F3N3O2. The highest BCUT2D eigenvalue weighted by Crippen LogP contribution is 2.35. The number of rotatable bonds is 2. The van der Waals surface area contributed by atoms with Gasteiger partial charge in [-0.25, -0.2) is 4.98 Å². The number of nitrogen functional groups attached to an aromatic ring is 1. The molecule has 0 amide bonds. The third kappa shape index (κ3) is 2.76. The van der Waals surface area contributed by atoms with Crippen molar-refractivity contribution < 1.29 is 22.6 Å². The molecule has 0 spiro atoms. The van der Waals surface area contributed by atoms with Gasteiger partial charge in [0.1, 0.15) is 11.7 Å². The molecule has 0 aromatic carbocycles. The number of nitrogens with two attached hydrogens (primary N) is 1. The van der Waals surface area contributed by atoms with E-state index in [1.807, 2.05) is 0 Å². The van der Waals surface area contributed by atoms with E-state index in [9.17, 15) is 13.2 Å². The molecule has 17 heavy (non-hydrogen) atoms. The van der Waals surface area contributed by atoms with Crippen LogP contribution in [-0.2, 0) is 10.9 Å². The van der Waals surface area contributed by atoms with E-state index in [-0.39, 0.29) is 12.6 Å². The summed E-state index contributed by atoms with van der Waals surface area (Å²) in [6.07, 6.45) is -3.85. The minimum Gasteiger partial charge on any atom is -0.471 e. The molecule has 8 heteroatoms. The Morgan fingerprint density at radius 3 is 2.82 bits per heavy atom. The van der Waals surface area contributed by atoms with Gasteiger partial charge in [0.2, 0.25) is 11.8 Å². The predicted octanol–water partition coefficient (Wildman–Crippen LogP) is 1.25. The molecule has 0 radical (unpaired) electrons. The normalized spacial score (nSPS) is 20.5. The van der Waals surface area contributed by atoms with Gasteiger partial charge in [0.05, 0.1) is 13.2 Å². The molecule has 2 rings (SSSR count). The summed E-state index contributed by atoms with van der Waals surface area (Å²) in [7, 11) is 0. The van der Waals surface area contributed by atoms with E-state index >= 15 is 0 Å². The van der Waals surface area contributed by atoms with Crippen LogP contribution in [0.4, 0.5) is 19.1 Å². The molecular weight excluding hydrogens is 239 g/mol. The number of anilines is 1. The van der Waals surface area contributed by atoms with E-state index in [1.165, 1.54) is 0 Å². The molecule has 0 unspecified atom stereocenters. The van der Waals surface area contributed by atoms with E-state index in [4.69, 9.17) is 15.2 Å². The lowest BCUT2D eigenvalue weighted by atomic mass is 10.3. The average Bonchev–Trinajstić information content (AvgIpc) is 2.68. The second-order valence-electron chi connectivity index (χ2n) is 3.55. The molecule has 0 aliphatic carbocycles. The molecule has 1 aromatic heterocycles. The van der Waals surface area contributed by atoms with Crippen LogP contribution in [0.15, 0.2) is 6.20 Å². The van der Waals surface area contributed by atoms with Gasteiger partial charge >= 0.3 is 6.18 Å². The van der Waals surface area contributed by atoms with Gasteiger partial charge in [0, 0.05) is 12.6 Å². The van der Waals surface area contributed by atoms with Gasteiger partial charge in [0.25, 0.3) is 0 Å². The molecule has 0 saturated carbocycles. The molecule has 2 heterocycles. The number of aromatic nitrogens is 2. The average molecular weight is 249 g/mol. The summed E-state index contributed by atoms with van der Waals surface area (Å²) in [5, 5.41) is 0. The van der Waals surface area contributed by atoms with Crippen molar-refractivity contribution in [2.75, 3.05) is 18.9 Å². The van der Waals surface area contributed by atoms with E-state index in [2.05, 4.69) is 9.97 Å². The number of halogens is 3. The van der Waals surface area contributed by atoms with Gasteiger partial charge in [-0.05, 0) is 0 Å². The van der Waals surface area contributed by atoms with Gasteiger partial charge < -0.3 is 15.2 Å². The van der Waals surface area contributed by atoms with Gasteiger partial charge in [-0.3, -0.25) is 0 Å². The molecule has 94 valence electrons. The number of ether oxygens (including phenoxy) is 2. The van der Waals surface area contributed by atoms with Crippen molar-refractivity contribution in [3.63, 3.8) is 0 Å². The maximum absolute atomic E-state index is 12.6. The van der Waals surface area contributed by atoms with Crippen LogP contribution < -0.4 is 10.5 Å². The highest BCUT2D eigenvalue weighted by Gasteiger charge is 2.37. The third-order valence-corrected chi connectivity index (χ3v) is 2.24. The van der Waals surface area contributed by atoms with Crippen LogP contribution in [0.1, 0.15) is 12.0 Å². The van der Waals surface area contributed by atoms with Crippen molar-refractivity contribution >= 4 is 5.95 Å². The Kier molecular flexibility index (Phi) is 3.05. The zero-order chi connectivity index (χ0) is 12.5. The van der Waals surface area contributed by atoms with Crippen LogP contribution in [0.3, 0.4) is 0 Å². The van der Waals surface area contributed by atoms with Crippen LogP contribution in [0, 0.1) is 0 Å². The Hall–Kier alpha value is -1.57. The van der Waals surface area contributed by atoms with Gasteiger partial charge in [-0.15, -0.1) is 0 Å². The minimum atomic E-state index is -4.57. The van der Waals surface area contributed by atoms with Gasteiger partial charge in [0.15, 0.2) is 0 Å². The molecule has 1 aliphatic rings. The van der Waals surface area contributed by atoms with Crippen LogP contribution in [-0.4, -0.2) is 29.3 Å². The second kappa shape index (κ2) is 4.36. The van der Waals surface area contributed by atoms with E-state index in [0.29, 0.717) is 19.2 Å². The second-order valence-corrected chi connectivity index (χ2v) is 3.55. The minimum absolute atomic E-state index is 0.251. The molecule has 2 N–H and O–H groups in total. The lowest BCUT2D eigenvalue weighted by Gasteiger charge is -2.15. The van der Waals surface area contributed by atoms with Crippen molar-refractivity contribution in [3.8, 4) is 5.88 Å². The standard InChI is InChI=1S/C9H10F3N3O2/c10-9(11,12)6-3-14-8(13)15-7(6)17-5-1-2-16-4-5/h3,5H,1-2,4H2,(H2,13,14,15)/t5-/m0/s1. The molecule has 1 atom stereocenters. The van der Waals surface area contributed by atoms with Gasteiger partial charge in [-0.1, -0.05) is 0 Å². The fourth-order valence-corrected chi connectivity index (χ4v) is 1.43. The summed E-state index contributed by atoms with van der Waals surface area (Å²) in [4.78, 5) is 6.79. The quantitative estimate of drug-likeness (QED) is 0.854. The Bertz CT molecular complexity index is 405. The Labute approximate surface area is 94.8 Å². The lowest BCUT2D eigenvalue weighted by Crippen LogP contribution is -2.20. The first-order valence-corrected chi connectivity index (χ1v) is 4.91. The zero-order valence-electron chi connectivity index (χ0n) is 8.70. The van der Waals surface area contributed by atoms with Crippen molar-refractivity contribution in [1.82, 2.24) is 9.97 Å². The smallest absolute Gasteiger partial charge is 0.423 e. The van der Waals surface area contributed by atoms with Crippen LogP contribution >= 0.6 is 0 Å². The highest BCUT2D eigenvalue weighted by atomic mass is 19.4. The number of nitrogens with zero attached hydrogens (tertiary/aromatic N) is 2. The first-order valence-electron chi connectivity index (χ1n) is 4.91. The number of alkyl halides is 3. The Morgan fingerprint density at radius 2 is 2.24 bits per heavy atom. The monoisotopic (exact) mass is 249 g/mol. The van der Waals surface area contributed by atoms with Crippen molar-refractivity contribution in [2.24, 2.45) is 0 Å². The molecule has 1 saturated heterocycles. The molecule has 5 nitrogen and oxygen atoms in total. The summed E-state index contributed by atoms with van der Waals surface area (Å²) in [6.45, 7) is 0.716. The fourth-order valence-electron chi connectivity index (χ4n) is 1.43. The van der Waals surface area contributed by atoms with E-state index < -0.39 is 23.7 Å². The van der Waals surface area contributed by atoms with Gasteiger partial charge in [-0.2, -0.15) is 18.2 Å². The maximum atomic E-state index is 12.6. The molecule has 1 aliphatic heterocycles. The van der Waals surface area contributed by atoms with Crippen LogP contribution in [0.2, 0.25) is 0 Å². The maximum Gasteiger partial charge on any atom is 0.423 e. The van der Waals surface area contributed by atoms with E-state index in [0.717, 1.165) is 0 Å². The van der Waals surface area contributed by atoms with Crippen molar-refractivity contribution in [3.05, 3.63) is 11.8 Å². The third-order valence-electron chi connectivity index (χ3n) is 2.24. The molecule has 0 bridgehead atoms. The highest BCUT2D eigenvalue weighted by molar-refractivity contribution is 5.32. The number of hydrogen-bond acceptors (Lipinski definition) is 5. The Balaban J connectivity index is 2.26. The lowest BCUT2D eigenvalue weighted by molar-refractivity contribution is -0.139. The summed E-state index contributed by atoms with van der Waals surface area (Å²) in [5.41, 5.74) is 4.22. The SMILES string of the molecule is Nc1ncc(C(F)(F)F)c(O[C@H]2CCOC2)n1. The fraction of sp³-hybridized carbons (Fsp3) is 0.556.